The van der Waals surface area contributed by atoms with E-state index in [1.165, 1.54) is 18.4 Å². The summed E-state index contributed by atoms with van der Waals surface area (Å²) in [5.41, 5.74) is 2.13. The summed E-state index contributed by atoms with van der Waals surface area (Å²) < 4.78 is 16.2. The smallest absolute Gasteiger partial charge is 0.399 e. The normalized spacial score (nSPS) is 14.8. The number of methoxy groups -OCH3 is 1. The molecule has 1 aliphatic heterocycles. The summed E-state index contributed by atoms with van der Waals surface area (Å²) in [4.78, 5) is 38.6. The van der Waals surface area contributed by atoms with E-state index in [2.05, 4.69) is 26.6 Å². The van der Waals surface area contributed by atoms with Gasteiger partial charge in [0.05, 0.1) is 17.0 Å². The highest BCUT2D eigenvalue weighted by Gasteiger charge is 2.24. The average molecular weight is 512 g/mol. The zero-order valence-corrected chi connectivity index (χ0v) is 19.4. The van der Waals surface area contributed by atoms with Gasteiger partial charge in [-0.05, 0) is 58.7 Å². The Morgan fingerprint density at radius 1 is 1.32 bits per heavy atom. The molecular formula is C20H22BrN3O6S. The van der Waals surface area contributed by atoms with E-state index in [0.717, 1.165) is 15.0 Å². The second kappa shape index (κ2) is 10.7. The molecule has 3 rings (SSSR count). The first-order valence-electron chi connectivity index (χ1n) is 9.39. The number of carbonyl (C=O) groups excluding carboxylic acids is 3. The van der Waals surface area contributed by atoms with E-state index < -0.39 is 18.0 Å². The maximum Gasteiger partial charge on any atom is 0.414 e. The van der Waals surface area contributed by atoms with Gasteiger partial charge >= 0.3 is 6.09 Å². The Morgan fingerprint density at radius 3 is 2.77 bits per heavy atom. The number of anilines is 2. The minimum atomic E-state index is -0.957. The molecule has 11 heteroatoms. The summed E-state index contributed by atoms with van der Waals surface area (Å²) in [5, 5.41) is 5.66. The lowest BCUT2D eigenvalue weighted by Gasteiger charge is -2.28. The van der Waals surface area contributed by atoms with Gasteiger partial charge in [-0.15, -0.1) is 0 Å². The number of nitrogens with zero attached hydrogens (tertiary/aromatic N) is 1. The van der Waals surface area contributed by atoms with Gasteiger partial charge in [0.25, 0.3) is 5.91 Å². The predicted molar refractivity (Wildman–Crippen MR) is 120 cm³/mol. The number of amides is 3. The molecule has 9 nitrogen and oxygen atoms in total. The van der Waals surface area contributed by atoms with Gasteiger partial charge in [0.1, 0.15) is 12.6 Å². The molecule has 166 valence electrons. The molecule has 1 aromatic carbocycles. The van der Waals surface area contributed by atoms with Gasteiger partial charge in [-0.2, -0.15) is 0 Å². The average Bonchev–Trinajstić information content (AvgIpc) is 3.13. The maximum atomic E-state index is 12.7. The highest BCUT2D eigenvalue weighted by atomic mass is 79.9. The van der Waals surface area contributed by atoms with Crippen LogP contribution in [0, 0.1) is 6.92 Å². The van der Waals surface area contributed by atoms with Gasteiger partial charge in [0.15, 0.2) is 5.06 Å². The summed E-state index contributed by atoms with van der Waals surface area (Å²) in [5.74, 6) is -0.562. The van der Waals surface area contributed by atoms with Crippen molar-refractivity contribution in [3.05, 3.63) is 39.7 Å². The summed E-state index contributed by atoms with van der Waals surface area (Å²) >= 11 is 4.54. The van der Waals surface area contributed by atoms with Crippen LogP contribution in [0.2, 0.25) is 0 Å². The monoisotopic (exact) mass is 511 g/mol. The summed E-state index contributed by atoms with van der Waals surface area (Å²) in [6.45, 7) is 2.84. The van der Waals surface area contributed by atoms with Gasteiger partial charge in [0.2, 0.25) is 5.91 Å². The van der Waals surface area contributed by atoms with Crippen LogP contribution in [0.3, 0.4) is 0 Å². The number of hydrogen-bond acceptors (Lipinski definition) is 7. The fourth-order valence-electron chi connectivity index (χ4n) is 3.00. The number of benzene rings is 1. The third-order valence-corrected chi connectivity index (χ3v) is 5.93. The maximum absolute atomic E-state index is 12.7. The fraction of sp³-hybridized carbons (Fsp3) is 0.350. The van der Waals surface area contributed by atoms with Crippen molar-refractivity contribution in [2.45, 2.75) is 13.0 Å². The van der Waals surface area contributed by atoms with Crippen LogP contribution >= 0.6 is 27.3 Å². The molecule has 1 aliphatic rings. The van der Waals surface area contributed by atoms with E-state index in [9.17, 15) is 14.4 Å². The second-order valence-electron chi connectivity index (χ2n) is 6.69. The molecule has 3 amide bonds. The van der Waals surface area contributed by atoms with Crippen molar-refractivity contribution in [2.24, 2.45) is 0 Å². The molecule has 1 atom stereocenters. The lowest BCUT2D eigenvalue weighted by molar-refractivity contribution is -0.125. The van der Waals surface area contributed by atoms with Crippen molar-refractivity contribution < 1.29 is 28.6 Å². The molecule has 2 aromatic rings. The molecule has 2 N–H and O–H groups in total. The second-order valence-corrected chi connectivity index (χ2v) is 9.11. The van der Waals surface area contributed by atoms with E-state index in [-0.39, 0.29) is 19.1 Å². The Hall–Kier alpha value is -2.47. The minimum absolute atomic E-state index is 0.0333. The molecule has 0 unspecified atom stereocenters. The highest BCUT2D eigenvalue weighted by Crippen LogP contribution is 2.28. The zero-order chi connectivity index (χ0) is 22.4. The Kier molecular flexibility index (Phi) is 8.02. The van der Waals surface area contributed by atoms with Gasteiger partial charge in [-0.1, -0.05) is 11.3 Å². The van der Waals surface area contributed by atoms with Crippen LogP contribution in [0.5, 0.6) is 5.06 Å². The molecule has 0 aliphatic carbocycles. The summed E-state index contributed by atoms with van der Waals surface area (Å²) in [7, 11) is 1.43. The topological polar surface area (TPSA) is 106 Å². The van der Waals surface area contributed by atoms with Crippen LogP contribution < -0.4 is 20.3 Å². The van der Waals surface area contributed by atoms with Gasteiger partial charge in [-0.25, -0.2) is 4.79 Å². The van der Waals surface area contributed by atoms with Crippen molar-refractivity contribution >= 4 is 56.5 Å². The first kappa shape index (κ1) is 23.2. The number of rotatable bonds is 7. The first-order valence-corrected chi connectivity index (χ1v) is 11.0. The van der Waals surface area contributed by atoms with Crippen molar-refractivity contribution in [3.8, 4) is 5.06 Å². The van der Waals surface area contributed by atoms with Crippen LogP contribution in [0.15, 0.2) is 34.1 Å². The SMILES string of the molecule is COC[C@H](NC(=O)Oc1ccc(Br)s1)C(=O)Nc1ccc(N2CCOCC2=O)c(C)c1. The highest BCUT2D eigenvalue weighted by molar-refractivity contribution is 9.11. The Morgan fingerprint density at radius 2 is 2.13 bits per heavy atom. The van der Waals surface area contributed by atoms with Crippen molar-refractivity contribution in [2.75, 3.05) is 43.7 Å². The van der Waals surface area contributed by atoms with E-state index in [1.807, 2.05) is 6.92 Å². The van der Waals surface area contributed by atoms with E-state index >= 15 is 0 Å². The molecular weight excluding hydrogens is 490 g/mol. The standard InChI is InChI=1S/C20H22BrN3O6S/c1-12-9-13(3-4-15(12)24-7-8-29-11-17(24)25)22-19(26)14(10-28-2)23-20(27)30-18-6-5-16(21)31-18/h3-6,9,14H,7-8,10-11H2,1-2H3,(H,22,26)(H,23,27)/t14-/m0/s1. The van der Waals surface area contributed by atoms with Crippen molar-refractivity contribution in [3.63, 3.8) is 0 Å². The largest absolute Gasteiger partial charge is 0.414 e. The number of thiophene rings is 1. The Balaban J connectivity index is 1.63. The quantitative estimate of drug-likeness (QED) is 0.591. The molecule has 1 fully saturated rings. The van der Waals surface area contributed by atoms with Gasteiger partial charge in [0, 0.05) is 25.0 Å². The lowest BCUT2D eigenvalue weighted by atomic mass is 10.1. The Bertz CT molecular complexity index is 966. The van der Waals surface area contributed by atoms with E-state index in [0.29, 0.717) is 23.9 Å². The fourth-order valence-corrected chi connectivity index (χ4v) is 4.20. The number of carbonyl (C=O) groups is 3. The number of aryl methyl sites for hydroxylation is 1. The molecule has 0 radical (unpaired) electrons. The molecule has 1 aromatic heterocycles. The molecule has 31 heavy (non-hydrogen) atoms. The number of ether oxygens (including phenoxy) is 3. The lowest BCUT2D eigenvalue weighted by Crippen LogP contribution is -2.47. The molecule has 2 heterocycles. The summed E-state index contributed by atoms with van der Waals surface area (Å²) in [6.07, 6.45) is -0.760. The zero-order valence-electron chi connectivity index (χ0n) is 17.0. The third-order valence-electron chi connectivity index (χ3n) is 4.42. The Labute approximate surface area is 191 Å². The first-order chi connectivity index (χ1) is 14.9. The third kappa shape index (κ3) is 6.26. The van der Waals surface area contributed by atoms with Gasteiger partial charge < -0.3 is 29.7 Å². The molecule has 0 saturated carbocycles. The van der Waals surface area contributed by atoms with E-state index in [4.69, 9.17) is 14.2 Å². The van der Waals surface area contributed by atoms with Crippen LogP contribution in [-0.4, -0.2) is 57.4 Å². The predicted octanol–water partition coefficient (Wildman–Crippen LogP) is 2.92. The molecule has 0 bridgehead atoms. The van der Waals surface area contributed by atoms with Crippen molar-refractivity contribution in [1.82, 2.24) is 5.32 Å². The number of morpholine rings is 1. The van der Waals surface area contributed by atoms with E-state index in [1.54, 1.807) is 35.2 Å². The summed E-state index contributed by atoms with van der Waals surface area (Å²) in [6, 6.07) is 7.68. The van der Waals surface area contributed by atoms with Crippen LogP contribution in [0.25, 0.3) is 0 Å². The van der Waals surface area contributed by atoms with Crippen LogP contribution in [0.1, 0.15) is 5.56 Å². The number of hydrogen-bond donors (Lipinski definition) is 2. The molecule has 1 saturated heterocycles. The van der Waals surface area contributed by atoms with Crippen molar-refractivity contribution in [1.29, 1.82) is 0 Å². The van der Waals surface area contributed by atoms with Gasteiger partial charge in [-0.3, -0.25) is 9.59 Å². The number of halogens is 1. The van der Waals surface area contributed by atoms with Crippen LogP contribution in [0.4, 0.5) is 16.2 Å². The minimum Gasteiger partial charge on any atom is -0.399 e. The molecule has 0 spiro atoms. The number of nitrogens with one attached hydrogen (secondary N) is 2. The van der Waals surface area contributed by atoms with Crippen LogP contribution in [-0.2, 0) is 19.1 Å².